The monoisotopic (exact) mass is 352 g/mol. The second kappa shape index (κ2) is 7.70. The normalized spacial score (nSPS) is 10.4. The highest BCUT2D eigenvalue weighted by Crippen LogP contribution is 2.30. The van der Waals surface area contributed by atoms with Crippen molar-refractivity contribution in [3.63, 3.8) is 0 Å². The third-order valence-electron chi connectivity index (χ3n) is 3.81. The molecule has 0 aliphatic rings. The molecule has 0 amide bonds. The SMILES string of the molecule is COc1ccc(-c2cccc(Oc3cccc(CC(=O)O)c3)c2)c(F)c1. The molecule has 1 N–H and O–H groups in total. The average molecular weight is 352 g/mol. The molecule has 3 rings (SSSR count). The molecule has 0 aliphatic heterocycles. The predicted molar refractivity (Wildman–Crippen MR) is 96.2 cm³/mol. The first-order valence-corrected chi connectivity index (χ1v) is 7.98. The van der Waals surface area contributed by atoms with Crippen LogP contribution in [0.25, 0.3) is 11.1 Å². The van der Waals surface area contributed by atoms with Crippen molar-refractivity contribution in [3.05, 3.63) is 78.1 Å². The van der Waals surface area contributed by atoms with E-state index in [1.165, 1.54) is 13.2 Å². The van der Waals surface area contributed by atoms with Crippen LogP contribution in [-0.2, 0) is 11.2 Å². The van der Waals surface area contributed by atoms with Crippen molar-refractivity contribution in [2.45, 2.75) is 6.42 Å². The Bertz CT molecular complexity index is 937. The summed E-state index contributed by atoms with van der Waals surface area (Å²) < 4.78 is 25.1. The van der Waals surface area contributed by atoms with Crippen LogP contribution in [0, 0.1) is 5.82 Å². The number of benzene rings is 3. The zero-order chi connectivity index (χ0) is 18.5. The van der Waals surface area contributed by atoms with Crippen LogP contribution in [0.4, 0.5) is 4.39 Å². The zero-order valence-electron chi connectivity index (χ0n) is 14.1. The summed E-state index contributed by atoms with van der Waals surface area (Å²) in [5, 5.41) is 8.89. The van der Waals surface area contributed by atoms with Gasteiger partial charge in [0.1, 0.15) is 23.1 Å². The molecule has 0 saturated heterocycles. The number of methoxy groups -OCH3 is 1. The molecular formula is C21H17FO4. The minimum atomic E-state index is -0.904. The van der Waals surface area contributed by atoms with Gasteiger partial charge in [0, 0.05) is 11.6 Å². The smallest absolute Gasteiger partial charge is 0.307 e. The molecule has 0 heterocycles. The number of ether oxygens (including phenoxy) is 2. The standard InChI is InChI=1S/C21H17FO4/c1-25-16-8-9-19(20(22)13-16)15-5-3-7-18(12-15)26-17-6-2-4-14(10-17)11-21(23)24/h2-10,12-13H,11H2,1H3,(H,23,24). The lowest BCUT2D eigenvalue weighted by Gasteiger charge is -2.10. The van der Waals surface area contributed by atoms with Crippen LogP contribution in [0.15, 0.2) is 66.7 Å². The van der Waals surface area contributed by atoms with E-state index in [1.54, 1.807) is 60.7 Å². The van der Waals surface area contributed by atoms with E-state index in [4.69, 9.17) is 14.6 Å². The topological polar surface area (TPSA) is 55.8 Å². The first-order chi connectivity index (χ1) is 12.5. The molecule has 132 valence electrons. The second-order valence-corrected chi connectivity index (χ2v) is 5.69. The number of rotatable bonds is 6. The summed E-state index contributed by atoms with van der Waals surface area (Å²) in [7, 11) is 1.49. The number of hydrogen-bond donors (Lipinski definition) is 1. The predicted octanol–water partition coefficient (Wildman–Crippen LogP) is 4.92. The maximum atomic E-state index is 14.3. The van der Waals surface area contributed by atoms with Crippen LogP contribution in [0.3, 0.4) is 0 Å². The van der Waals surface area contributed by atoms with Gasteiger partial charge in [0.2, 0.25) is 0 Å². The fourth-order valence-electron chi connectivity index (χ4n) is 2.61. The van der Waals surface area contributed by atoms with Gasteiger partial charge in [-0.3, -0.25) is 4.79 Å². The van der Waals surface area contributed by atoms with E-state index in [0.29, 0.717) is 33.9 Å². The van der Waals surface area contributed by atoms with Crippen molar-refractivity contribution < 1.29 is 23.8 Å². The van der Waals surface area contributed by atoms with Gasteiger partial charge in [-0.2, -0.15) is 0 Å². The number of aliphatic carboxylic acids is 1. The molecular weight excluding hydrogens is 335 g/mol. The lowest BCUT2D eigenvalue weighted by atomic mass is 10.0. The van der Waals surface area contributed by atoms with Gasteiger partial charge in [-0.15, -0.1) is 0 Å². The van der Waals surface area contributed by atoms with Gasteiger partial charge in [-0.1, -0.05) is 24.3 Å². The van der Waals surface area contributed by atoms with Crippen LogP contribution in [0.1, 0.15) is 5.56 Å². The third kappa shape index (κ3) is 4.19. The van der Waals surface area contributed by atoms with Crippen molar-refractivity contribution >= 4 is 5.97 Å². The van der Waals surface area contributed by atoms with E-state index in [-0.39, 0.29) is 12.2 Å². The van der Waals surface area contributed by atoms with Crippen molar-refractivity contribution in [3.8, 4) is 28.4 Å². The lowest BCUT2D eigenvalue weighted by Crippen LogP contribution is -1.99. The maximum absolute atomic E-state index is 14.3. The Hall–Kier alpha value is -3.34. The van der Waals surface area contributed by atoms with Gasteiger partial charge in [0.15, 0.2) is 0 Å². The molecule has 0 aromatic heterocycles. The Morgan fingerprint density at radius 3 is 2.38 bits per heavy atom. The molecule has 0 bridgehead atoms. The van der Waals surface area contributed by atoms with Gasteiger partial charge in [-0.25, -0.2) is 4.39 Å². The summed E-state index contributed by atoms with van der Waals surface area (Å²) in [6.07, 6.45) is -0.0751. The Balaban J connectivity index is 1.85. The fraction of sp³-hybridized carbons (Fsp3) is 0.0952. The Morgan fingerprint density at radius 2 is 1.69 bits per heavy atom. The highest BCUT2D eigenvalue weighted by atomic mass is 19.1. The molecule has 5 heteroatoms. The van der Waals surface area contributed by atoms with Gasteiger partial charge >= 0.3 is 5.97 Å². The number of carboxylic acids is 1. The van der Waals surface area contributed by atoms with Crippen molar-refractivity contribution in [2.75, 3.05) is 7.11 Å². The summed E-state index contributed by atoms with van der Waals surface area (Å²) in [5.41, 5.74) is 1.76. The molecule has 0 unspecified atom stereocenters. The van der Waals surface area contributed by atoms with Gasteiger partial charge in [0.05, 0.1) is 13.5 Å². The Kier molecular flexibility index (Phi) is 5.17. The van der Waals surface area contributed by atoms with Crippen LogP contribution < -0.4 is 9.47 Å². The van der Waals surface area contributed by atoms with Crippen LogP contribution >= 0.6 is 0 Å². The highest BCUT2D eigenvalue weighted by molar-refractivity contribution is 5.70. The number of carboxylic acid groups (broad SMARTS) is 1. The molecule has 0 spiro atoms. The van der Waals surface area contributed by atoms with E-state index in [9.17, 15) is 9.18 Å². The summed E-state index contributed by atoms with van der Waals surface area (Å²) in [5.74, 6) is 0.222. The molecule has 0 fully saturated rings. The molecule has 26 heavy (non-hydrogen) atoms. The van der Waals surface area contributed by atoms with E-state index in [0.717, 1.165) is 0 Å². The molecule has 3 aromatic carbocycles. The minimum absolute atomic E-state index is 0.0751. The Morgan fingerprint density at radius 1 is 0.962 bits per heavy atom. The molecule has 0 aliphatic carbocycles. The maximum Gasteiger partial charge on any atom is 0.307 e. The Labute approximate surface area is 150 Å². The van der Waals surface area contributed by atoms with E-state index in [1.807, 2.05) is 0 Å². The third-order valence-corrected chi connectivity index (χ3v) is 3.81. The first kappa shape index (κ1) is 17.5. The summed E-state index contributed by atoms with van der Waals surface area (Å²) in [6.45, 7) is 0. The average Bonchev–Trinajstić information content (AvgIpc) is 2.61. The van der Waals surface area contributed by atoms with Crippen molar-refractivity contribution in [2.24, 2.45) is 0 Å². The minimum Gasteiger partial charge on any atom is -0.497 e. The van der Waals surface area contributed by atoms with Crippen molar-refractivity contribution in [1.82, 2.24) is 0 Å². The van der Waals surface area contributed by atoms with Crippen LogP contribution in [-0.4, -0.2) is 18.2 Å². The largest absolute Gasteiger partial charge is 0.497 e. The molecule has 3 aromatic rings. The highest BCUT2D eigenvalue weighted by Gasteiger charge is 2.09. The van der Waals surface area contributed by atoms with Crippen molar-refractivity contribution in [1.29, 1.82) is 0 Å². The quantitative estimate of drug-likeness (QED) is 0.684. The summed E-state index contributed by atoms with van der Waals surface area (Å²) in [6, 6.07) is 18.6. The molecule has 0 radical (unpaired) electrons. The molecule has 4 nitrogen and oxygen atoms in total. The number of hydrogen-bond acceptors (Lipinski definition) is 3. The number of carbonyl (C=O) groups is 1. The molecule has 0 saturated carbocycles. The second-order valence-electron chi connectivity index (χ2n) is 5.69. The first-order valence-electron chi connectivity index (χ1n) is 7.98. The molecule has 0 atom stereocenters. The van der Waals surface area contributed by atoms with E-state index in [2.05, 4.69) is 0 Å². The van der Waals surface area contributed by atoms with E-state index >= 15 is 0 Å². The summed E-state index contributed by atoms with van der Waals surface area (Å²) in [4.78, 5) is 10.8. The van der Waals surface area contributed by atoms with Gasteiger partial charge in [-0.05, 0) is 47.5 Å². The van der Waals surface area contributed by atoms with Crippen LogP contribution in [0.2, 0.25) is 0 Å². The van der Waals surface area contributed by atoms with E-state index < -0.39 is 5.97 Å². The van der Waals surface area contributed by atoms with Gasteiger partial charge in [0.25, 0.3) is 0 Å². The lowest BCUT2D eigenvalue weighted by molar-refractivity contribution is -0.136. The van der Waals surface area contributed by atoms with Gasteiger partial charge < -0.3 is 14.6 Å². The fourth-order valence-corrected chi connectivity index (χ4v) is 2.61. The zero-order valence-corrected chi connectivity index (χ0v) is 14.1. The van der Waals surface area contributed by atoms with Crippen LogP contribution in [0.5, 0.6) is 17.2 Å². The number of halogens is 1. The summed E-state index contributed by atoms with van der Waals surface area (Å²) >= 11 is 0.